The van der Waals surface area contributed by atoms with Gasteiger partial charge >= 0.3 is 0 Å². The Morgan fingerprint density at radius 1 is 1.04 bits per heavy atom. The van der Waals surface area contributed by atoms with Crippen LogP contribution >= 0.6 is 11.8 Å². The van der Waals surface area contributed by atoms with Crippen LogP contribution < -0.4 is 0 Å². The summed E-state index contributed by atoms with van der Waals surface area (Å²) in [4.78, 5) is 27.7. The molecule has 0 bridgehead atoms. The highest BCUT2D eigenvalue weighted by Crippen LogP contribution is 2.53. The summed E-state index contributed by atoms with van der Waals surface area (Å²) in [7, 11) is 4.28. The predicted molar refractivity (Wildman–Crippen MR) is 104 cm³/mol. The maximum Gasteiger partial charge on any atom is 0.289 e. The molecule has 0 saturated carbocycles. The first kappa shape index (κ1) is 17.3. The fraction of sp³-hybridized carbons (Fsp3) is 0.333. The highest BCUT2D eigenvalue weighted by atomic mass is 32.2. The van der Waals surface area contributed by atoms with Crippen LogP contribution in [0.5, 0.6) is 0 Å². The van der Waals surface area contributed by atoms with Crippen LogP contribution in [-0.4, -0.2) is 52.5 Å². The maximum absolute atomic E-state index is 13.5. The molecule has 2 atom stereocenters. The summed E-state index contributed by atoms with van der Waals surface area (Å²) < 4.78 is 0.0431. The molecule has 2 fully saturated rings. The van der Waals surface area contributed by atoms with Gasteiger partial charge in [0.05, 0.1) is 33.1 Å². The van der Waals surface area contributed by atoms with E-state index in [4.69, 9.17) is 0 Å². The fourth-order valence-electron chi connectivity index (χ4n) is 4.30. The first-order valence-corrected chi connectivity index (χ1v) is 9.69. The van der Waals surface area contributed by atoms with Crippen molar-refractivity contribution in [1.82, 2.24) is 4.90 Å². The molecule has 4 rings (SSSR count). The van der Waals surface area contributed by atoms with E-state index in [1.807, 2.05) is 48.5 Å². The summed E-state index contributed by atoms with van der Waals surface area (Å²) in [6.07, 6.45) is 0. The predicted octanol–water partition coefficient (Wildman–Crippen LogP) is 3.49. The van der Waals surface area contributed by atoms with Gasteiger partial charge in [-0.3, -0.25) is 14.5 Å². The van der Waals surface area contributed by atoms with Crippen molar-refractivity contribution in [2.45, 2.75) is 17.2 Å². The molecule has 2 aromatic rings. The third kappa shape index (κ3) is 2.85. The highest BCUT2D eigenvalue weighted by molar-refractivity contribution is 8.16. The van der Waals surface area contributed by atoms with E-state index < -0.39 is 4.75 Å². The molecule has 0 aliphatic carbocycles. The number of benzene rings is 2. The highest BCUT2D eigenvalue weighted by Gasteiger charge is 2.65. The molecule has 2 saturated heterocycles. The SMILES string of the molecule is C[N+]1(C)C[C@@H](c2ccccc2)[C@]2(C1)SC(=O)N(Cc1ccccc1)C2=O. The number of amides is 2. The number of carbonyl (C=O) groups is 2. The molecule has 0 unspecified atom stereocenters. The molecule has 2 amide bonds. The van der Waals surface area contributed by atoms with Crippen LogP contribution in [0.1, 0.15) is 17.0 Å². The van der Waals surface area contributed by atoms with E-state index in [1.54, 1.807) is 0 Å². The van der Waals surface area contributed by atoms with Gasteiger partial charge in [-0.25, -0.2) is 0 Å². The number of nitrogens with zero attached hydrogens (tertiary/aromatic N) is 2. The minimum absolute atomic E-state index is 0.0334. The summed E-state index contributed by atoms with van der Waals surface area (Å²) in [5.74, 6) is 0.00910. The van der Waals surface area contributed by atoms with Crippen molar-refractivity contribution in [3.05, 3.63) is 71.8 Å². The normalized spacial score (nSPS) is 27.5. The Morgan fingerprint density at radius 2 is 1.65 bits per heavy atom. The third-order valence-corrected chi connectivity index (χ3v) is 6.73. The van der Waals surface area contributed by atoms with Crippen LogP contribution in [0, 0.1) is 0 Å². The number of carbonyl (C=O) groups excluding carboxylic acids is 2. The smallest absolute Gasteiger partial charge is 0.289 e. The molecule has 2 heterocycles. The zero-order valence-electron chi connectivity index (χ0n) is 15.1. The molecule has 5 heteroatoms. The third-order valence-electron chi connectivity index (χ3n) is 5.39. The lowest BCUT2D eigenvalue weighted by molar-refractivity contribution is -0.878. The number of quaternary nitrogens is 1. The van der Waals surface area contributed by atoms with Gasteiger partial charge in [-0.05, 0) is 22.9 Å². The summed E-state index contributed by atoms with van der Waals surface area (Å²) in [6, 6.07) is 19.9. The average Bonchev–Trinajstić information content (AvgIpc) is 3.03. The lowest BCUT2D eigenvalue weighted by Gasteiger charge is -2.26. The van der Waals surface area contributed by atoms with Gasteiger partial charge in [-0.1, -0.05) is 60.7 Å². The molecular weight excluding hydrogens is 344 g/mol. The summed E-state index contributed by atoms with van der Waals surface area (Å²) in [5.41, 5.74) is 2.13. The van der Waals surface area contributed by atoms with Crippen LogP contribution in [0.15, 0.2) is 60.7 Å². The molecule has 0 aromatic heterocycles. The molecule has 2 aliphatic heterocycles. The Kier molecular flexibility index (Phi) is 4.16. The molecule has 4 nitrogen and oxygen atoms in total. The molecule has 26 heavy (non-hydrogen) atoms. The van der Waals surface area contributed by atoms with E-state index >= 15 is 0 Å². The topological polar surface area (TPSA) is 37.4 Å². The van der Waals surface area contributed by atoms with Gasteiger partial charge in [-0.2, -0.15) is 0 Å². The molecule has 2 aliphatic rings. The molecule has 2 aromatic carbocycles. The van der Waals surface area contributed by atoms with E-state index in [0.29, 0.717) is 13.1 Å². The van der Waals surface area contributed by atoms with Gasteiger partial charge in [0.2, 0.25) is 0 Å². The second kappa shape index (κ2) is 6.25. The zero-order valence-corrected chi connectivity index (χ0v) is 15.9. The van der Waals surface area contributed by atoms with Gasteiger partial charge in [-0.15, -0.1) is 0 Å². The number of imide groups is 1. The van der Waals surface area contributed by atoms with E-state index in [1.165, 1.54) is 16.7 Å². The number of likely N-dealkylation sites (N-methyl/N-ethyl adjacent to an activating group) is 1. The molecule has 1 spiro atoms. The minimum Gasteiger partial charge on any atom is -0.326 e. The Balaban J connectivity index is 1.70. The van der Waals surface area contributed by atoms with Crippen LogP contribution in [0.25, 0.3) is 0 Å². The Morgan fingerprint density at radius 3 is 2.31 bits per heavy atom. The largest absolute Gasteiger partial charge is 0.326 e. The van der Waals surface area contributed by atoms with Gasteiger partial charge in [0.1, 0.15) is 6.54 Å². The maximum atomic E-state index is 13.5. The first-order chi connectivity index (χ1) is 12.4. The Labute approximate surface area is 158 Å². The van der Waals surface area contributed by atoms with Gasteiger partial charge < -0.3 is 4.48 Å². The van der Waals surface area contributed by atoms with Gasteiger partial charge in [0.25, 0.3) is 11.1 Å². The van der Waals surface area contributed by atoms with Crippen molar-refractivity contribution in [3.63, 3.8) is 0 Å². The van der Waals surface area contributed by atoms with Crippen LogP contribution in [0.4, 0.5) is 4.79 Å². The van der Waals surface area contributed by atoms with Crippen molar-refractivity contribution in [3.8, 4) is 0 Å². The van der Waals surface area contributed by atoms with Crippen LogP contribution in [0.2, 0.25) is 0 Å². The lowest BCUT2D eigenvalue weighted by Crippen LogP contribution is -2.46. The fourth-order valence-corrected chi connectivity index (χ4v) is 5.83. The number of rotatable bonds is 3. The van der Waals surface area contributed by atoms with Gasteiger partial charge in [0.15, 0.2) is 4.75 Å². The standard InChI is InChI=1S/C21H23N2O2S/c1-23(2)14-18(17-11-7-4-8-12-17)21(15-23)19(24)22(20(25)26-21)13-16-9-5-3-6-10-16/h3-12,18H,13-15H2,1-2H3/q+1/t18-,21-/m0/s1. The van der Waals surface area contributed by atoms with E-state index in [9.17, 15) is 9.59 Å². The van der Waals surface area contributed by atoms with Crippen molar-refractivity contribution in [1.29, 1.82) is 0 Å². The van der Waals surface area contributed by atoms with Crippen molar-refractivity contribution in [2.24, 2.45) is 0 Å². The molecule has 0 radical (unpaired) electrons. The zero-order chi connectivity index (χ0) is 18.4. The monoisotopic (exact) mass is 367 g/mol. The molecule has 134 valence electrons. The summed E-state index contributed by atoms with van der Waals surface area (Å²) >= 11 is 1.24. The van der Waals surface area contributed by atoms with Crippen molar-refractivity contribution in [2.75, 3.05) is 27.2 Å². The second-order valence-corrected chi connectivity index (χ2v) is 9.16. The lowest BCUT2D eigenvalue weighted by atomic mass is 9.87. The van der Waals surface area contributed by atoms with Crippen LogP contribution in [0.3, 0.4) is 0 Å². The summed E-state index contributed by atoms with van der Waals surface area (Å²) in [5, 5.41) is -0.123. The van der Waals surface area contributed by atoms with Gasteiger partial charge in [0, 0.05) is 0 Å². The number of thioether (sulfide) groups is 1. The number of hydrogen-bond donors (Lipinski definition) is 0. The number of likely N-dealkylation sites (tertiary alicyclic amines) is 1. The minimum atomic E-state index is -0.698. The average molecular weight is 367 g/mol. The van der Waals surface area contributed by atoms with E-state index in [-0.39, 0.29) is 17.1 Å². The first-order valence-electron chi connectivity index (χ1n) is 8.87. The molecule has 0 N–H and O–H groups in total. The number of hydrogen-bond acceptors (Lipinski definition) is 3. The quantitative estimate of drug-likeness (QED) is 0.780. The van der Waals surface area contributed by atoms with E-state index in [2.05, 4.69) is 26.2 Å². The Hall–Kier alpha value is -2.11. The Bertz CT molecular complexity index is 838. The van der Waals surface area contributed by atoms with Crippen molar-refractivity contribution < 1.29 is 14.1 Å². The summed E-state index contributed by atoms with van der Waals surface area (Å²) in [6.45, 7) is 1.88. The second-order valence-electron chi connectivity index (χ2n) is 7.87. The van der Waals surface area contributed by atoms with Crippen LogP contribution in [-0.2, 0) is 11.3 Å². The van der Waals surface area contributed by atoms with E-state index in [0.717, 1.165) is 22.2 Å². The molecular formula is C21H23N2O2S+. The van der Waals surface area contributed by atoms with Crippen molar-refractivity contribution >= 4 is 22.9 Å².